The van der Waals surface area contributed by atoms with Gasteiger partial charge in [-0.2, -0.15) is 0 Å². The second kappa shape index (κ2) is 4.34. The van der Waals surface area contributed by atoms with E-state index in [4.69, 9.17) is 0 Å². The van der Waals surface area contributed by atoms with Crippen LogP contribution in [0.1, 0.15) is 13.8 Å². The molecule has 0 spiro atoms. The molecule has 64 valence electrons. The first kappa shape index (κ1) is 11.3. The molecular formula is C10H20Sn. The molecule has 0 nitrogen and oxygen atoms in total. The van der Waals surface area contributed by atoms with Gasteiger partial charge in [0.05, 0.1) is 0 Å². The number of rotatable bonds is 4. The fourth-order valence-corrected chi connectivity index (χ4v) is 6.75. The molecule has 0 saturated carbocycles. The van der Waals surface area contributed by atoms with E-state index in [1.165, 1.54) is 0 Å². The predicted octanol–water partition coefficient (Wildman–Crippen LogP) is 3.85. The van der Waals surface area contributed by atoms with E-state index in [-0.39, 0.29) is 0 Å². The monoisotopic (exact) mass is 260 g/mol. The van der Waals surface area contributed by atoms with Crippen molar-refractivity contribution in [2.24, 2.45) is 0 Å². The molecule has 0 unspecified atom stereocenters. The summed E-state index contributed by atoms with van der Waals surface area (Å²) in [4.78, 5) is 4.93. The molecule has 0 aliphatic carbocycles. The van der Waals surface area contributed by atoms with Crippen LogP contribution in [0.3, 0.4) is 0 Å². The molecule has 1 heteroatoms. The summed E-state index contributed by atoms with van der Waals surface area (Å²) in [5.74, 6) is 0. The van der Waals surface area contributed by atoms with E-state index in [2.05, 4.69) is 49.0 Å². The van der Waals surface area contributed by atoms with Crippen LogP contribution in [0.4, 0.5) is 0 Å². The molecule has 0 heterocycles. The summed E-state index contributed by atoms with van der Waals surface area (Å²) in [6.45, 7) is 12.4. The number of hydrogen-bond donors (Lipinski definition) is 0. The Morgan fingerprint density at radius 2 is 1.45 bits per heavy atom. The Kier molecular flexibility index (Phi) is 4.45. The predicted molar refractivity (Wildman–Crippen MR) is 56.7 cm³/mol. The van der Waals surface area contributed by atoms with E-state index in [0.29, 0.717) is 3.93 Å². The summed E-state index contributed by atoms with van der Waals surface area (Å²) in [7, 11) is 0. The molecule has 0 fully saturated rings. The van der Waals surface area contributed by atoms with Gasteiger partial charge in [-0.05, 0) is 0 Å². The zero-order valence-corrected chi connectivity index (χ0v) is 11.1. The molecule has 0 aromatic carbocycles. The van der Waals surface area contributed by atoms with Gasteiger partial charge in [0.25, 0.3) is 0 Å². The Hall–Kier alpha value is 0.279. The van der Waals surface area contributed by atoms with Gasteiger partial charge in [0.2, 0.25) is 0 Å². The summed E-state index contributed by atoms with van der Waals surface area (Å²) in [5.41, 5.74) is 0. The van der Waals surface area contributed by atoms with Crippen LogP contribution in [0.15, 0.2) is 25.3 Å². The minimum atomic E-state index is -1.88. The van der Waals surface area contributed by atoms with Gasteiger partial charge in [-0.25, -0.2) is 0 Å². The van der Waals surface area contributed by atoms with E-state index in [1.807, 2.05) is 0 Å². The molecule has 0 bridgehead atoms. The SMILES string of the molecule is C=C[CH](C=C)[Sn]([CH3])([CH3])[CH](C)C. The molecule has 0 aliphatic heterocycles. The second-order valence-corrected chi connectivity index (χ2v) is 19.6. The standard InChI is InChI=1S/C5H7.C3H7.2CH3.Sn/c1-3-5-4-2;1-3-2;;;/h3-5H,1-2H2;3H,1-2H3;2*1H3;. The third kappa shape index (κ3) is 2.66. The quantitative estimate of drug-likeness (QED) is 0.531. The second-order valence-electron chi connectivity index (χ2n) is 3.97. The van der Waals surface area contributed by atoms with Gasteiger partial charge in [-0.3, -0.25) is 0 Å². The summed E-state index contributed by atoms with van der Waals surface area (Å²) in [6, 6.07) is 0. The Morgan fingerprint density at radius 3 is 1.55 bits per heavy atom. The van der Waals surface area contributed by atoms with Crippen LogP contribution in [0.2, 0.25) is 17.7 Å². The van der Waals surface area contributed by atoms with Crippen LogP contribution < -0.4 is 0 Å². The van der Waals surface area contributed by atoms with Gasteiger partial charge in [-0.1, -0.05) is 0 Å². The topological polar surface area (TPSA) is 0 Å². The van der Waals surface area contributed by atoms with Crippen LogP contribution in [0.5, 0.6) is 0 Å². The molecule has 0 aromatic heterocycles. The molecule has 0 aromatic rings. The fourth-order valence-electron chi connectivity index (χ4n) is 1.09. The number of allylic oxidation sites excluding steroid dienone is 2. The molecular weight excluding hydrogens is 239 g/mol. The molecule has 0 N–H and O–H groups in total. The average Bonchev–Trinajstić information content (AvgIpc) is 1.89. The van der Waals surface area contributed by atoms with Gasteiger partial charge >= 0.3 is 75.3 Å². The Morgan fingerprint density at radius 1 is 1.09 bits per heavy atom. The van der Waals surface area contributed by atoms with Gasteiger partial charge in [0.15, 0.2) is 0 Å². The van der Waals surface area contributed by atoms with Crippen molar-refractivity contribution in [3.8, 4) is 0 Å². The molecule has 0 saturated heterocycles. The van der Waals surface area contributed by atoms with Crippen LogP contribution in [0, 0.1) is 0 Å². The number of hydrogen-bond acceptors (Lipinski definition) is 0. The zero-order chi connectivity index (χ0) is 9.07. The Balaban J connectivity index is 4.49. The van der Waals surface area contributed by atoms with Crippen molar-refractivity contribution in [1.82, 2.24) is 0 Å². The van der Waals surface area contributed by atoms with Crippen LogP contribution in [0.25, 0.3) is 0 Å². The van der Waals surface area contributed by atoms with E-state index in [1.54, 1.807) is 0 Å². The van der Waals surface area contributed by atoms with E-state index in [0.717, 1.165) is 3.93 Å². The molecule has 0 atom stereocenters. The van der Waals surface area contributed by atoms with Crippen molar-refractivity contribution >= 4 is 18.4 Å². The van der Waals surface area contributed by atoms with Crippen molar-refractivity contribution in [2.75, 3.05) is 0 Å². The first-order valence-electron chi connectivity index (χ1n) is 4.22. The van der Waals surface area contributed by atoms with Crippen molar-refractivity contribution in [2.45, 2.75) is 31.6 Å². The van der Waals surface area contributed by atoms with Gasteiger partial charge in [-0.15, -0.1) is 0 Å². The zero-order valence-electron chi connectivity index (χ0n) is 8.22. The molecule has 11 heavy (non-hydrogen) atoms. The molecule has 0 rings (SSSR count). The van der Waals surface area contributed by atoms with Gasteiger partial charge in [0.1, 0.15) is 0 Å². The van der Waals surface area contributed by atoms with E-state index >= 15 is 0 Å². The van der Waals surface area contributed by atoms with Crippen molar-refractivity contribution in [3.63, 3.8) is 0 Å². The van der Waals surface area contributed by atoms with Crippen LogP contribution in [-0.2, 0) is 0 Å². The van der Waals surface area contributed by atoms with Crippen molar-refractivity contribution in [3.05, 3.63) is 25.3 Å². The Bertz CT molecular complexity index is 137. The van der Waals surface area contributed by atoms with E-state index < -0.39 is 18.4 Å². The van der Waals surface area contributed by atoms with Gasteiger partial charge in [0, 0.05) is 0 Å². The van der Waals surface area contributed by atoms with Gasteiger partial charge < -0.3 is 0 Å². The summed E-state index contributed by atoms with van der Waals surface area (Å²) >= 11 is -1.88. The van der Waals surface area contributed by atoms with Crippen LogP contribution in [-0.4, -0.2) is 18.4 Å². The summed E-state index contributed by atoms with van der Waals surface area (Å²) in [6.07, 6.45) is 4.14. The third-order valence-electron chi connectivity index (χ3n) is 2.86. The maximum atomic E-state index is 3.86. The normalized spacial score (nSPS) is 12.2. The summed E-state index contributed by atoms with van der Waals surface area (Å²) in [5, 5.41) is 0. The molecule has 0 amide bonds. The fraction of sp³-hybridized carbons (Fsp3) is 0.600. The van der Waals surface area contributed by atoms with Crippen molar-refractivity contribution < 1.29 is 0 Å². The Labute approximate surface area is 75.3 Å². The first-order chi connectivity index (χ1) is 4.96. The van der Waals surface area contributed by atoms with Crippen LogP contribution >= 0.6 is 0 Å². The van der Waals surface area contributed by atoms with Crippen molar-refractivity contribution in [1.29, 1.82) is 0 Å². The minimum absolute atomic E-state index is 0.629. The first-order valence-corrected chi connectivity index (χ1v) is 13.2. The molecule has 0 radical (unpaired) electrons. The maximum absolute atomic E-state index is 3.86. The van der Waals surface area contributed by atoms with E-state index in [9.17, 15) is 0 Å². The third-order valence-corrected chi connectivity index (χ3v) is 17.6. The summed E-state index contributed by atoms with van der Waals surface area (Å²) < 4.78 is 1.49. The molecule has 0 aliphatic rings. The average molecular weight is 259 g/mol.